The van der Waals surface area contributed by atoms with Crippen LogP contribution in [0.5, 0.6) is 11.5 Å². The standard InChI is InChI=1S/C20H21NO3/c1-23-18-8-9-20(24-2)19(13-18)21-16-10-15(11-17(22)12-16)14-6-4-3-5-7-14/h3-9,12-13,15,21H,10-11H2,1-2H3/t15-/m0/s1. The summed E-state index contributed by atoms with van der Waals surface area (Å²) in [7, 11) is 3.25. The molecule has 3 rings (SSSR count). The first-order valence-corrected chi connectivity index (χ1v) is 7.97. The summed E-state index contributed by atoms with van der Waals surface area (Å²) >= 11 is 0. The summed E-state index contributed by atoms with van der Waals surface area (Å²) < 4.78 is 10.7. The van der Waals surface area contributed by atoms with Crippen molar-refractivity contribution in [1.82, 2.24) is 0 Å². The van der Waals surface area contributed by atoms with E-state index in [4.69, 9.17) is 9.47 Å². The highest BCUT2D eigenvalue weighted by Crippen LogP contribution is 2.35. The fourth-order valence-electron chi connectivity index (χ4n) is 3.03. The van der Waals surface area contributed by atoms with Gasteiger partial charge in [-0.05, 0) is 30.0 Å². The Morgan fingerprint density at radius 3 is 2.50 bits per heavy atom. The van der Waals surface area contributed by atoms with Crippen molar-refractivity contribution in [3.8, 4) is 11.5 Å². The Morgan fingerprint density at radius 2 is 1.79 bits per heavy atom. The third kappa shape index (κ3) is 3.59. The lowest BCUT2D eigenvalue weighted by Gasteiger charge is -2.24. The number of nitrogens with one attached hydrogen (secondary N) is 1. The van der Waals surface area contributed by atoms with Crippen LogP contribution < -0.4 is 14.8 Å². The lowest BCUT2D eigenvalue weighted by molar-refractivity contribution is -0.115. The van der Waals surface area contributed by atoms with Gasteiger partial charge < -0.3 is 14.8 Å². The van der Waals surface area contributed by atoms with Gasteiger partial charge in [0, 0.05) is 24.3 Å². The van der Waals surface area contributed by atoms with Crippen molar-refractivity contribution in [1.29, 1.82) is 0 Å². The number of carbonyl (C=O) groups is 1. The van der Waals surface area contributed by atoms with Crippen LogP contribution in [0, 0.1) is 0 Å². The van der Waals surface area contributed by atoms with Crippen LogP contribution in [0.15, 0.2) is 60.3 Å². The second-order valence-corrected chi connectivity index (χ2v) is 5.84. The number of ketones is 1. The SMILES string of the molecule is COc1ccc(OC)c(NC2=CC(=O)C[C@@H](c3ccccc3)C2)c1. The molecule has 1 atom stereocenters. The molecule has 1 aliphatic carbocycles. The fourth-order valence-corrected chi connectivity index (χ4v) is 3.03. The van der Waals surface area contributed by atoms with Crippen LogP contribution in [0.4, 0.5) is 5.69 Å². The van der Waals surface area contributed by atoms with Gasteiger partial charge in [0.2, 0.25) is 0 Å². The molecule has 1 N–H and O–H groups in total. The zero-order chi connectivity index (χ0) is 16.9. The molecule has 24 heavy (non-hydrogen) atoms. The van der Waals surface area contributed by atoms with Crippen LogP contribution in [0.2, 0.25) is 0 Å². The first-order valence-electron chi connectivity index (χ1n) is 7.97. The van der Waals surface area contributed by atoms with Gasteiger partial charge in [0.1, 0.15) is 11.5 Å². The van der Waals surface area contributed by atoms with E-state index in [0.29, 0.717) is 12.2 Å². The molecule has 0 unspecified atom stereocenters. The number of carbonyl (C=O) groups excluding carboxylic acids is 1. The van der Waals surface area contributed by atoms with E-state index in [2.05, 4.69) is 17.4 Å². The fraction of sp³-hybridized carbons (Fsp3) is 0.250. The van der Waals surface area contributed by atoms with E-state index in [1.54, 1.807) is 20.3 Å². The van der Waals surface area contributed by atoms with Crippen molar-refractivity contribution in [2.24, 2.45) is 0 Å². The quantitative estimate of drug-likeness (QED) is 0.898. The minimum Gasteiger partial charge on any atom is -0.497 e. The average molecular weight is 323 g/mol. The Morgan fingerprint density at radius 1 is 1.00 bits per heavy atom. The molecular weight excluding hydrogens is 302 g/mol. The molecule has 0 aromatic heterocycles. The van der Waals surface area contributed by atoms with Crippen LogP contribution in [-0.2, 0) is 4.79 Å². The zero-order valence-electron chi connectivity index (χ0n) is 13.9. The van der Waals surface area contributed by atoms with Crippen LogP contribution >= 0.6 is 0 Å². The van der Waals surface area contributed by atoms with Gasteiger partial charge in [-0.25, -0.2) is 0 Å². The number of hydrogen-bond acceptors (Lipinski definition) is 4. The van der Waals surface area contributed by atoms with Crippen molar-refractivity contribution in [3.63, 3.8) is 0 Å². The van der Waals surface area contributed by atoms with Gasteiger partial charge >= 0.3 is 0 Å². The predicted octanol–water partition coefficient (Wildman–Crippen LogP) is 4.15. The van der Waals surface area contributed by atoms with E-state index in [0.717, 1.165) is 23.6 Å². The highest BCUT2D eigenvalue weighted by atomic mass is 16.5. The Hall–Kier alpha value is -2.75. The second-order valence-electron chi connectivity index (χ2n) is 5.84. The first kappa shape index (κ1) is 16.1. The van der Waals surface area contributed by atoms with E-state index in [1.807, 2.05) is 36.4 Å². The predicted molar refractivity (Wildman–Crippen MR) is 94.7 cm³/mol. The number of methoxy groups -OCH3 is 2. The molecule has 4 heteroatoms. The molecule has 0 heterocycles. The third-order valence-corrected chi connectivity index (χ3v) is 4.22. The van der Waals surface area contributed by atoms with Crippen molar-refractivity contribution in [3.05, 3.63) is 65.9 Å². The van der Waals surface area contributed by atoms with Crippen LogP contribution in [0.25, 0.3) is 0 Å². The highest BCUT2D eigenvalue weighted by Gasteiger charge is 2.22. The van der Waals surface area contributed by atoms with Gasteiger partial charge in [0.05, 0.1) is 19.9 Å². The normalized spacial score (nSPS) is 17.2. The molecule has 4 nitrogen and oxygen atoms in total. The van der Waals surface area contributed by atoms with Crippen molar-refractivity contribution < 1.29 is 14.3 Å². The molecule has 0 saturated carbocycles. The minimum atomic E-state index is 0.138. The molecule has 0 fully saturated rings. The van der Waals surface area contributed by atoms with Crippen LogP contribution in [0.1, 0.15) is 24.3 Å². The number of anilines is 1. The lowest BCUT2D eigenvalue weighted by Crippen LogP contribution is -2.17. The molecule has 0 aliphatic heterocycles. The van der Waals surface area contributed by atoms with Crippen molar-refractivity contribution >= 4 is 11.5 Å². The first-order chi connectivity index (χ1) is 11.7. The molecule has 0 saturated heterocycles. The highest BCUT2D eigenvalue weighted by molar-refractivity contribution is 5.92. The van der Waals surface area contributed by atoms with Gasteiger partial charge in [0.15, 0.2) is 5.78 Å². The largest absolute Gasteiger partial charge is 0.497 e. The maximum absolute atomic E-state index is 12.2. The van der Waals surface area contributed by atoms with Gasteiger partial charge in [-0.2, -0.15) is 0 Å². The van der Waals surface area contributed by atoms with E-state index in [-0.39, 0.29) is 11.7 Å². The Balaban J connectivity index is 1.83. The smallest absolute Gasteiger partial charge is 0.158 e. The molecular formula is C20H21NO3. The molecule has 2 aromatic rings. The van der Waals surface area contributed by atoms with E-state index >= 15 is 0 Å². The van der Waals surface area contributed by atoms with Gasteiger partial charge in [-0.15, -0.1) is 0 Å². The van der Waals surface area contributed by atoms with E-state index < -0.39 is 0 Å². The van der Waals surface area contributed by atoms with Crippen molar-refractivity contribution in [2.45, 2.75) is 18.8 Å². The Kier molecular flexibility index (Phi) is 4.85. The molecule has 1 aliphatic rings. The summed E-state index contributed by atoms with van der Waals surface area (Å²) in [5.74, 6) is 1.79. The number of ether oxygens (including phenoxy) is 2. The summed E-state index contributed by atoms with van der Waals surface area (Å²) in [4.78, 5) is 12.2. The monoisotopic (exact) mass is 323 g/mol. The number of benzene rings is 2. The number of rotatable bonds is 5. The van der Waals surface area contributed by atoms with Gasteiger partial charge in [-0.1, -0.05) is 30.3 Å². The molecule has 2 aromatic carbocycles. The summed E-state index contributed by atoms with van der Waals surface area (Å²) in [6, 6.07) is 15.7. The van der Waals surface area contributed by atoms with Gasteiger partial charge in [0.25, 0.3) is 0 Å². The van der Waals surface area contributed by atoms with Gasteiger partial charge in [-0.3, -0.25) is 4.79 Å². The number of hydrogen-bond donors (Lipinski definition) is 1. The molecule has 0 radical (unpaired) electrons. The summed E-state index contributed by atoms with van der Waals surface area (Å²) in [5, 5.41) is 3.34. The second kappa shape index (κ2) is 7.21. The van der Waals surface area contributed by atoms with Crippen LogP contribution in [-0.4, -0.2) is 20.0 Å². The van der Waals surface area contributed by atoms with Crippen LogP contribution in [0.3, 0.4) is 0 Å². The molecule has 0 amide bonds. The summed E-state index contributed by atoms with van der Waals surface area (Å²) in [6.07, 6.45) is 3.03. The maximum atomic E-state index is 12.2. The van der Waals surface area contributed by atoms with E-state index in [1.165, 1.54) is 5.56 Å². The molecule has 124 valence electrons. The summed E-state index contributed by atoms with van der Waals surface area (Å²) in [5.41, 5.74) is 2.88. The zero-order valence-corrected chi connectivity index (χ0v) is 13.9. The Labute approximate surface area is 142 Å². The van der Waals surface area contributed by atoms with Crippen molar-refractivity contribution in [2.75, 3.05) is 19.5 Å². The van der Waals surface area contributed by atoms with E-state index in [9.17, 15) is 4.79 Å². The third-order valence-electron chi connectivity index (χ3n) is 4.22. The maximum Gasteiger partial charge on any atom is 0.158 e. The topological polar surface area (TPSA) is 47.6 Å². The number of allylic oxidation sites excluding steroid dienone is 2. The lowest BCUT2D eigenvalue weighted by atomic mass is 9.85. The minimum absolute atomic E-state index is 0.138. The average Bonchev–Trinajstić information content (AvgIpc) is 2.62. The summed E-state index contributed by atoms with van der Waals surface area (Å²) in [6.45, 7) is 0. The molecule has 0 spiro atoms. The molecule has 0 bridgehead atoms. The Bertz CT molecular complexity index is 753.